The second-order valence-electron chi connectivity index (χ2n) is 21.4. The highest BCUT2D eigenvalue weighted by atomic mass is 19.1. The number of carbonyl (C=O) groups is 8. The van der Waals surface area contributed by atoms with E-state index in [0.29, 0.717) is 47.4 Å². The highest BCUT2D eigenvalue weighted by Gasteiger charge is 2.47. The Morgan fingerprint density at radius 1 is 0.860 bits per heavy atom. The number of fused-ring (bicyclic) bond motifs is 5. The number of alkyl carbamates (subject to hydrolysis) is 1. The highest BCUT2D eigenvalue weighted by Crippen LogP contribution is 2.47. The third-order valence-electron chi connectivity index (χ3n) is 16.0. The number of pyridine rings is 2. The number of halogens is 1. The summed E-state index contributed by atoms with van der Waals surface area (Å²) in [6, 6.07) is 8.80. The van der Waals surface area contributed by atoms with Gasteiger partial charge in [0.2, 0.25) is 35.4 Å². The Hall–Kier alpha value is -8.03. The molecular weight excluding hydrogens is 1130 g/mol. The maximum atomic E-state index is 15.5. The lowest BCUT2D eigenvalue weighted by molar-refractivity contribution is -0.227. The van der Waals surface area contributed by atoms with Gasteiger partial charge in [0.15, 0.2) is 5.60 Å². The number of aliphatic hydroxyl groups is 5. The summed E-state index contributed by atoms with van der Waals surface area (Å²) in [7, 11) is 2.94. The van der Waals surface area contributed by atoms with Crippen molar-refractivity contribution >= 4 is 58.4 Å². The minimum atomic E-state index is -2.03. The molecule has 3 aliphatic heterocycles. The maximum Gasteiger partial charge on any atom is 0.407 e. The van der Waals surface area contributed by atoms with E-state index < -0.39 is 133 Å². The number of aryl methyl sites for hydroxylation is 1. The van der Waals surface area contributed by atoms with Crippen LogP contribution in [0.15, 0.2) is 47.3 Å². The van der Waals surface area contributed by atoms with Gasteiger partial charge in [0.05, 0.1) is 69.0 Å². The van der Waals surface area contributed by atoms with Gasteiger partial charge in [-0.3, -0.25) is 38.5 Å². The Kier molecular flexibility index (Phi) is 20.8. The number of nitrogens with one attached hydrogen (secondary N) is 7. The van der Waals surface area contributed by atoms with Crippen molar-refractivity contribution in [2.24, 2.45) is 0 Å². The molecule has 86 heavy (non-hydrogen) atoms. The van der Waals surface area contributed by atoms with E-state index >= 15 is 4.39 Å². The zero-order valence-corrected chi connectivity index (χ0v) is 47.7. The normalized spacial score (nSPS) is 21.6. The fourth-order valence-electron chi connectivity index (χ4n) is 11.1. The van der Waals surface area contributed by atoms with E-state index in [1.807, 2.05) is 7.05 Å². The lowest BCUT2D eigenvalue weighted by atomic mass is 9.81. The van der Waals surface area contributed by atoms with Crippen LogP contribution in [0.4, 0.5) is 9.18 Å². The molecule has 1 fully saturated rings. The van der Waals surface area contributed by atoms with Crippen molar-refractivity contribution in [1.82, 2.24) is 51.7 Å². The lowest BCUT2D eigenvalue weighted by Crippen LogP contribution is -2.60. The van der Waals surface area contributed by atoms with E-state index in [4.69, 9.17) is 19.2 Å². The van der Waals surface area contributed by atoms with E-state index in [9.17, 15) is 68.7 Å². The monoisotopic (exact) mass is 1200 g/mol. The summed E-state index contributed by atoms with van der Waals surface area (Å²) in [5.74, 6) is -5.84. The first-order valence-electron chi connectivity index (χ1n) is 28.0. The molecule has 1 saturated heterocycles. The van der Waals surface area contributed by atoms with Crippen LogP contribution in [0.2, 0.25) is 0 Å². The molecule has 0 saturated carbocycles. The van der Waals surface area contributed by atoms with Gasteiger partial charge in [-0.25, -0.2) is 19.0 Å². The average Bonchev–Trinajstić information content (AvgIpc) is 1.48. The Labute approximate surface area is 491 Å². The van der Waals surface area contributed by atoms with Gasteiger partial charge in [0.1, 0.15) is 61.8 Å². The molecule has 1 aliphatic carbocycles. The molecule has 28 nitrogen and oxygen atoms in total. The van der Waals surface area contributed by atoms with Crippen molar-refractivity contribution in [3.63, 3.8) is 0 Å². The molecule has 464 valence electrons. The predicted molar refractivity (Wildman–Crippen MR) is 298 cm³/mol. The van der Waals surface area contributed by atoms with Crippen LogP contribution in [-0.2, 0) is 84.1 Å². The van der Waals surface area contributed by atoms with Crippen LogP contribution in [0.5, 0.6) is 0 Å². The number of ether oxygens (including phenoxy) is 4. The van der Waals surface area contributed by atoms with Gasteiger partial charge < -0.3 is 86.3 Å². The van der Waals surface area contributed by atoms with E-state index in [-0.39, 0.29) is 75.9 Å². The molecule has 0 radical (unpaired) electrons. The highest BCUT2D eigenvalue weighted by molar-refractivity contribution is 5.95. The summed E-state index contributed by atoms with van der Waals surface area (Å²) in [6.07, 6.45) is -7.89. The molecule has 2 aromatic carbocycles. The predicted octanol–water partition coefficient (Wildman–Crippen LogP) is -2.92. The van der Waals surface area contributed by atoms with Gasteiger partial charge >= 0.3 is 12.1 Å². The van der Waals surface area contributed by atoms with Gasteiger partial charge in [-0.1, -0.05) is 37.3 Å². The summed E-state index contributed by atoms with van der Waals surface area (Å²) in [6.45, 7) is 0.623. The van der Waals surface area contributed by atoms with Crippen molar-refractivity contribution in [3.05, 3.63) is 97.6 Å². The molecule has 0 unspecified atom stereocenters. The molecule has 9 atom stereocenters. The Morgan fingerprint density at radius 3 is 2.24 bits per heavy atom. The number of aliphatic hydroxyl groups excluding tert-OH is 4. The molecule has 8 rings (SSSR count). The number of carbonyl (C=O) groups excluding carboxylic acids is 8. The number of nitrogens with zero attached hydrogens (tertiary/aromatic N) is 3. The SMILES string of the molecule is CC[C@@]1(O)C(=O)OCc2c1cc1n(c2=O)Cc2c-1nc1cc(F)c(C)c3c1c2[C@@H](N(C)CCOCNC(=O)CNC(=O)[C@H](Cc1ccccc1)NC(=O)CNC(=O)CNC(=O)[C@H](CCC(=O)NC[C@@H]1O[C@H](CO)[C@@H](O)[C@H](O)[C@H]1O)NC(=O)OC)CC3. The Balaban J connectivity index is 0.798. The largest absolute Gasteiger partial charge is 0.458 e. The minimum Gasteiger partial charge on any atom is -0.458 e. The zero-order chi connectivity index (χ0) is 62.1. The average molecular weight is 1200 g/mol. The second kappa shape index (κ2) is 28.0. The number of likely N-dealkylation sites (N-methyl/N-ethyl adjacent to an activating group) is 1. The van der Waals surface area contributed by atoms with E-state index in [2.05, 4.69) is 46.9 Å². The smallest absolute Gasteiger partial charge is 0.407 e. The molecule has 0 spiro atoms. The number of rotatable bonds is 25. The van der Waals surface area contributed by atoms with Crippen LogP contribution in [0.25, 0.3) is 22.3 Å². The summed E-state index contributed by atoms with van der Waals surface area (Å²) in [4.78, 5) is 124. The molecule has 4 aliphatic rings. The number of cyclic esters (lactones) is 1. The second-order valence-corrected chi connectivity index (χ2v) is 21.4. The van der Waals surface area contributed by atoms with Crippen molar-refractivity contribution in [2.45, 2.75) is 120 Å². The van der Waals surface area contributed by atoms with Crippen LogP contribution >= 0.6 is 0 Å². The molecule has 29 heteroatoms. The van der Waals surface area contributed by atoms with Crippen molar-refractivity contribution in [2.75, 3.05) is 66.8 Å². The van der Waals surface area contributed by atoms with Crippen LogP contribution < -0.4 is 42.8 Å². The number of benzene rings is 2. The maximum absolute atomic E-state index is 15.5. The lowest BCUT2D eigenvalue weighted by Gasteiger charge is -2.40. The molecule has 7 amide bonds. The summed E-state index contributed by atoms with van der Waals surface area (Å²) >= 11 is 0. The summed E-state index contributed by atoms with van der Waals surface area (Å²) < 4.78 is 38.0. The summed E-state index contributed by atoms with van der Waals surface area (Å²) in [5.41, 5.74) is 2.79. The Bertz CT molecular complexity index is 3310. The van der Waals surface area contributed by atoms with Gasteiger partial charge in [-0.05, 0) is 68.0 Å². The first-order valence-corrected chi connectivity index (χ1v) is 28.0. The number of hydrogen-bond donors (Lipinski definition) is 12. The topological polar surface area (TPSA) is 397 Å². The zero-order valence-electron chi connectivity index (χ0n) is 47.7. The number of hydrogen-bond acceptors (Lipinski definition) is 20. The van der Waals surface area contributed by atoms with E-state index in [1.165, 1.54) is 6.07 Å². The molecular formula is C57H71FN10O18. The van der Waals surface area contributed by atoms with Crippen LogP contribution in [0, 0.1) is 12.7 Å². The Morgan fingerprint density at radius 2 is 1.55 bits per heavy atom. The third-order valence-corrected chi connectivity index (χ3v) is 16.0. The van der Waals surface area contributed by atoms with Crippen LogP contribution in [0.1, 0.15) is 77.6 Å². The van der Waals surface area contributed by atoms with Crippen LogP contribution in [-0.4, -0.2) is 197 Å². The van der Waals surface area contributed by atoms with Crippen LogP contribution in [0.3, 0.4) is 0 Å². The first-order chi connectivity index (χ1) is 41.1. The van der Waals surface area contributed by atoms with Crippen molar-refractivity contribution in [1.29, 1.82) is 0 Å². The van der Waals surface area contributed by atoms with Crippen molar-refractivity contribution in [3.8, 4) is 11.4 Å². The fourth-order valence-corrected chi connectivity index (χ4v) is 11.1. The molecule has 12 N–H and O–H groups in total. The van der Waals surface area contributed by atoms with E-state index in [1.54, 1.807) is 54.8 Å². The van der Waals surface area contributed by atoms with Gasteiger partial charge in [0.25, 0.3) is 5.56 Å². The van der Waals surface area contributed by atoms with Crippen molar-refractivity contribution < 1.29 is 87.2 Å². The first kappa shape index (κ1) is 64.0. The minimum absolute atomic E-state index is 0.00781. The number of methoxy groups -OCH3 is 1. The fraction of sp³-hybridized carbons (Fsp3) is 0.509. The summed E-state index contributed by atoms with van der Waals surface area (Å²) in [5, 5.41) is 68.9. The standard InChI is InChI=1S/C57H71FN10O18/c1-5-57(82)33-18-39-48-31(24-68(39)54(79)32(33)26-85-55(57)80)47-38(13-11-30-28(2)34(58)19-36(65-48)46(30)47)67(3)15-16-84-27-63-44(72)22-62-53(78)37(17-29-9-7-6-8-10-29)64-45(73)23-60-43(71)21-61-52(77)35(66-56(81)83-4)12-14-42(70)59-20-40-49(74)51(76)50(75)41(25-69)86-40/h6-10,18-19,35,37-38,40-41,49-51,69,74-76,82H,5,11-17,20-27H2,1-4H3,(H,59,70)(H,60,71)(H,61,77)(H,62,78)(H,63,72)(H,64,73)(H,66,81)/t35-,37-,38-,40-,41+,49-,50+,51+,57-/m0/s1. The molecule has 4 aromatic rings. The number of aromatic nitrogens is 2. The molecule has 5 heterocycles. The van der Waals surface area contributed by atoms with E-state index in [0.717, 1.165) is 29.2 Å². The number of esters is 1. The third kappa shape index (κ3) is 14.1. The molecule has 0 bridgehead atoms. The quantitative estimate of drug-likeness (QED) is 0.0158. The number of amides is 7. The van der Waals surface area contributed by atoms with Gasteiger partial charge in [0, 0.05) is 54.6 Å². The van der Waals surface area contributed by atoms with Gasteiger partial charge in [-0.15, -0.1) is 0 Å². The molecule has 2 aromatic heterocycles. The van der Waals surface area contributed by atoms with Gasteiger partial charge in [-0.2, -0.15) is 0 Å².